The van der Waals surface area contributed by atoms with Crippen LogP contribution in [0, 0.1) is 5.82 Å². The molecule has 0 aliphatic heterocycles. The number of alkyl halides is 3. The van der Waals surface area contributed by atoms with Crippen LogP contribution < -0.4 is 4.74 Å². The van der Waals surface area contributed by atoms with Gasteiger partial charge in [-0.05, 0) is 42.5 Å². The number of rotatable bonds is 3. The van der Waals surface area contributed by atoms with Crippen molar-refractivity contribution in [3.05, 3.63) is 64.5 Å². The number of benzene rings is 2. The highest BCUT2D eigenvalue weighted by Crippen LogP contribution is 2.32. The Hall–Kier alpha value is -2.25. The molecule has 0 bridgehead atoms. The molecule has 3 rings (SSSR count). The third-order valence-electron chi connectivity index (χ3n) is 3.19. The van der Waals surface area contributed by atoms with Gasteiger partial charge in [0.2, 0.25) is 0 Å². The molecule has 130 valence electrons. The topological polar surface area (TPSA) is 27.1 Å². The second-order valence-corrected chi connectivity index (χ2v) is 5.79. The van der Waals surface area contributed by atoms with Gasteiger partial charge in [-0.3, -0.25) is 0 Å². The maximum absolute atomic E-state index is 13.3. The van der Waals surface area contributed by atoms with E-state index in [1.54, 1.807) is 6.07 Å². The second kappa shape index (κ2) is 6.57. The largest absolute Gasteiger partial charge is 0.573 e. The molecule has 25 heavy (non-hydrogen) atoms. The van der Waals surface area contributed by atoms with E-state index in [4.69, 9.17) is 23.2 Å². The molecule has 3 nitrogen and oxygen atoms in total. The SMILES string of the molecule is Fc1ccc(-n2nccc2-c2cc(Cl)cc(OC(F)(F)F)c2)cc1Cl. The normalized spacial score (nSPS) is 11.6. The van der Waals surface area contributed by atoms with Crippen molar-refractivity contribution in [1.82, 2.24) is 9.78 Å². The molecule has 0 fully saturated rings. The first-order valence-electron chi connectivity index (χ1n) is 6.79. The predicted octanol–water partition coefficient (Wildman–Crippen LogP) is 5.88. The van der Waals surface area contributed by atoms with E-state index in [9.17, 15) is 17.6 Å². The third kappa shape index (κ3) is 4.05. The van der Waals surface area contributed by atoms with Crippen LogP contribution in [0.4, 0.5) is 17.6 Å². The number of hydrogen-bond donors (Lipinski definition) is 0. The number of hydrogen-bond acceptors (Lipinski definition) is 2. The minimum absolute atomic E-state index is 0.0571. The summed E-state index contributed by atoms with van der Waals surface area (Å²) in [7, 11) is 0. The monoisotopic (exact) mass is 390 g/mol. The van der Waals surface area contributed by atoms with Crippen molar-refractivity contribution in [2.75, 3.05) is 0 Å². The summed E-state index contributed by atoms with van der Waals surface area (Å²) in [5.74, 6) is -1.05. The zero-order valence-electron chi connectivity index (χ0n) is 12.2. The van der Waals surface area contributed by atoms with Crippen molar-refractivity contribution in [3.63, 3.8) is 0 Å². The van der Waals surface area contributed by atoms with Crippen LogP contribution in [-0.4, -0.2) is 16.1 Å². The van der Waals surface area contributed by atoms with E-state index < -0.39 is 17.9 Å². The van der Waals surface area contributed by atoms with Crippen LogP contribution in [0.5, 0.6) is 5.75 Å². The first-order chi connectivity index (χ1) is 11.7. The molecule has 9 heteroatoms. The molecule has 0 aliphatic rings. The Bertz CT molecular complexity index is 925. The fraction of sp³-hybridized carbons (Fsp3) is 0.0625. The number of nitrogens with zero attached hydrogens (tertiary/aromatic N) is 2. The minimum atomic E-state index is -4.84. The standard InChI is InChI=1S/C16H8Cl2F4N2O/c17-10-5-9(6-12(7-10)25-16(20,21)22)15-3-4-23-24(15)11-1-2-14(19)13(18)8-11/h1-8H. The average molecular weight is 391 g/mol. The highest BCUT2D eigenvalue weighted by Gasteiger charge is 2.31. The summed E-state index contributed by atoms with van der Waals surface area (Å²) in [6, 6.07) is 9.22. The highest BCUT2D eigenvalue weighted by atomic mass is 35.5. The molecule has 0 spiro atoms. The van der Waals surface area contributed by atoms with Crippen LogP contribution in [-0.2, 0) is 0 Å². The number of ether oxygens (including phenoxy) is 1. The maximum Gasteiger partial charge on any atom is 0.573 e. The molecule has 0 N–H and O–H groups in total. The fourth-order valence-electron chi connectivity index (χ4n) is 2.25. The Morgan fingerprint density at radius 2 is 1.76 bits per heavy atom. The Labute approximate surface area is 149 Å². The van der Waals surface area contributed by atoms with Crippen molar-refractivity contribution < 1.29 is 22.3 Å². The Morgan fingerprint density at radius 1 is 1.00 bits per heavy atom. The van der Waals surface area contributed by atoms with Gasteiger partial charge in [0.1, 0.15) is 11.6 Å². The zero-order chi connectivity index (χ0) is 18.2. The van der Waals surface area contributed by atoms with Crippen LogP contribution in [0.2, 0.25) is 10.0 Å². The van der Waals surface area contributed by atoms with Gasteiger partial charge < -0.3 is 4.74 Å². The van der Waals surface area contributed by atoms with E-state index in [0.29, 0.717) is 16.9 Å². The molecule has 0 radical (unpaired) electrons. The van der Waals surface area contributed by atoms with Crippen molar-refractivity contribution in [1.29, 1.82) is 0 Å². The lowest BCUT2D eigenvalue weighted by Gasteiger charge is -2.12. The Balaban J connectivity index is 2.06. The molecule has 0 atom stereocenters. The van der Waals surface area contributed by atoms with Crippen LogP contribution in [0.25, 0.3) is 16.9 Å². The van der Waals surface area contributed by atoms with Crippen molar-refractivity contribution in [2.24, 2.45) is 0 Å². The molecular formula is C16H8Cl2F4N2O. The summed E-state index contributed by atoms with van der Waals surface area (Å²) in [5.41, 5.74) is 1.20. The van der Waals surface area contributed by atoms with E-state index in [0.717, 1.165) is 6.07 Å². The quantitative estimate of drug-likeness (QED) is 0.521. The molecule has 1 heterocycles. The smallest absolute Gasteiger partial charge is 0.406 e. The Morgan fingerprint density at radius 3 is 2.44 bits per heavy atom. The van der Waals surface area contributed by atoms with Crippen molar-refractivity contribution in [2.45, 2.75) is 6.36 Å². The summed E-state index contributed by atoms with van der Waals surface area (Å²) < 4.78 is 56.0. The summed E-state index contributed by atoms with van der Waals surface area (Å²) in [6.45, 7) is 0. The number of aromatic nitrogens is 2. The van der Waals surface area contributed by atoms with Crippen molar-refractivity contribution >= 4 is 23.2 Å². The van der Waals surface area contributed by atoms with Crippen LogP contribution >= 0.6 is 23.2 Å². The van der Waals surface area contributed by atoms with Crippen LogP contribution in [0.3, 0.4) is 0 Å². The van der Waals surface area contributed by atoms with Crippen LogP contribution in [0.1, 0.15) is 0 Å². The molecule has 0 aliphatic carbocycles. The van der Waals surface area contributed by atoms with E-state index in [-0.39, 0.29) is 10.0 Å². The lowest BCUT2D eigenvalue weighted by molar-refractivity contribution is -0.274. The van der Waals surface area contributed by atoms with Gasteiger partial charge in [-0.25, -0.2) is 9.07 Å². The minimum Gasteiger partial charge on any atom is -0.406 e. The molecule has 0 unspecified atom stereocenters. The van der Waals surface area contributed by atoms with Gasteiger partial charge in [0.25, 0.3) is 0 Å². The summed E-state index contributed by atoms with van der Waals surface area (Å²) >= 11 is 11.7. The van der Waals surface area contributed by atoms with E-state index in [1.165, 1.54) is 41.2 Å². The summed E-state index contributed by atoms with van der Waals surface area (Å²) in [6.07, 6.45) is -3.40. The molecule has 0 saturated heterocycles. The predicted molar refractivity (Wildman–Crippen MR) is 85.7 cm³/mol. The maximum atomic E-state index is 13.3. The van der Waals surface area contributed by atoms with E-state index >= 15 is 0 Å². The van der Waals surface area contributed by atoms with Gasteiger partial charge in [-0.2, -0.15) is 5.10 Å². The number of halogens is 6. The van der Waals surface area contributed by atoms with Crippen molar-refractivity contribution in [3.8, 4) is 22.7 Å². The average Bonchev–Trinajstić information content (AvgIpc) is 2.97. The fourth-order valence-corrected chi connectivity index (χ4v) is 2.65. The highest BCUT2D eigenvalue weighted by molar-refractivity contribution is 6.31. The van der Waals surface area contributed by atoms with Crippen LogP contribution in [0.15, 0.2) is 48.7 Å². The van der Waals surface area contributed by atoms with Gasteiger partial charge in [-0.1, -0.05) is 23.2 Å². The molecule has 0 saturated carbocycles. The van der Waals surface area contributed by atoms with Gasteiger partial charge in [-0.15, -0.1) is 13.2 Å². The molecule has 3 aromatic rings. The Kier molecular flexibility index (Phi) is 4.62. The molecule has 2 aromatic carbocycles. The van der Waals surface area contributed by atoms with E-state index in [2.05, 4.69) is 9.84 Å². The summed E-state index contributed by atoms with van der Waals surface area (Å²) in [5, 5.41) is 4.05. The van der Waals surface area contributed by atoms with E-state index in [1.807, 2.05) is 0 Å². The first kappa shape index (κ1) is 17.6. The van der Waals surface area contributed by atoms with Gasteiger partial charge in [0.15, 0.2) is 0 Å². The second-order valence-electron chi connectivity index (χ2n) is 4.95. The van der Waals surface area contributed by atoms with Gasteiger partial charge in [0.05, 0.1) is 22.6 Å². The lowest BCUT2D eigenvalue weighted by Crippen LogP contribution is -2.17. The summed E-state index contributed by atoms with van der Waals surface area (Å²) in [4.78, 5) is 0. The third-order valence-corrected chi connectivity index (χ3v) is 3.70. The molecule has 0 amide bonds. The zero-order valence-corrected chi connectivity index (χ0v) is 13.7. The lowest BCUT2D eigenvalue weighted by atomic mass is 10.1. The first-order valence-corrected chi connectivity index (χ1v) is 7.55. The van der Waals surface area contributed by atoms with Gasteiger partial charge in [0, 0.05) is 10.6 Å². The van der Waals surface area contributed by atoms with Gasteiger partial charge >= 0.3 is 6.36 Å². The molecular weight excluding hydrogens is 383 g/mol. The molecule has 1 aromatic heterocycles.